The molecular weight excluding hydrogens is 250 g/mol. The van der Waals surface area contributed by atoms with Crippen LogP contribution in [0.25, 0.3) is 0 Å². The van der Waals surface area contributed by atoms with Gasteiger partial charge in [0.1, 0.15) is 5.82 Å². The van der Waals surface area contributed by atoms with Crippen LogP contribution in [0, 0.1) is 0 Å². The van der Waals surface area contributed by atoms with Gasteiger partial charge in [0.25, 0.3) is 0 Å². The van der Waals surface area contributed by atoms with Crippen molar-refractivity contribution < 1.29 is 19.4 Å². The van der Waals surface area contributed by atoms with Crippen molar-refractivity contribution in [2.75, 3.05) is 45.4 Å². The van der Waals surface area contributed by atoms with E-state index in [1.807, 2.05) is 11.9 Å². The molecule has 1 heterocycles. The minimum atomic E-state index is -1.08. The number of rotatable bonds is 9. The number of anilines is 1. The molecular formula is C12H19N3O4. The maximum absolute atomic E-state index is 10.6. The topological polar surface area (TPSA) is 84.8 Å². The molecule has 1 rings (SSSR count). The Hall–Kier alpha value is -1.73. The Balaban J connectivity index is 2.29. The number of aromatic nitrogens is 2. The SMILES string of the molecule is COCCCOCCN(C)c1cnc(C(=O)O)cn1. The van der Waals surface area contributed by atoms with E-state index < -0.39 is 5.97 Å². The van der Waals surface area contributed by atoms with Gasteiger partial charge in [-0.1, -0.05) is 0 Å². The van der Waals surface area contributed by atoms with Crippen LogP contribution in [0.4, 0.5) is 5.82 Å². The lowest BCUT2D eigenvalue weighted by Crippen LogP contribution is -2.24. The Morgan fingerprint density at radius 3 is 2.68 bits per heavy atom. The zero-order valence-electron chi connectivity index (χ0n) is 11.2. The number of likely N-dealkylation sites (N-methyl/N-ethyl adjacent to an activating group) is 1. The highest BCUT2D eigenvalue weighted by Crippen LogP contribution is 2.06. The van der Waals surface area contributed by atoms with Crippen LogP contribution in [0.3, 0.4) is 0 Å². The molecule has 0 spiro atoms. The van der Waals surface area contributed by atoms with E-state index in [-0.39, 0.29) is 5.69 Å². The second kappa shape index (κ2) is 8.39. The van der Waals surface area contributed by atoms with Gasteiger partial charge in [-0.25, -0.2) is 14.8 Å². The molecule has 7 nitrogen and oxygen atoms in total. The van der Waals surface area contributed by atoms with Gasteiger partial charge in [-0.15, -0.1) is 0 Å². The number of carboxylic acids is 1. The van der Waals surface area contributed by atoms with Crippen LogP contribution >= 0.6 is 0 Å². The van der Waals surface area contributed by atoms with Crippen molar-refractivity contribution in [3.05, 3.63) is 18.1 Å². The molecule has 1 aromatic rings. The van der Waals surface area contributed by atoms with Crippen LogP contribution in [-0.2, 0) is 9.47 Å². The molecule has 7 heteroatoms. The Labute approximate surface area is 112 Å². The summed E-state index contributed by atoms with van der Waals surface area (Å²) in [5.74, 6) is -0.464. The first kappa shape index (κ1) is 15.3. The first-order valence-electron chi connectivity index (χ1n) is 5.98. The standard InChI is InChI=1S/C12H19N3O4/c1-15(4-7-19-6-3-5-18-2)11-9-13-10(8-14-11)12(16)17/h8-9H,3-7H2,1-2H3,(H,16,17). The molecule has 0 fully saturated rings. The summed E-state index contributed by atoms with van der Waals surface area (Å²) in [6, 6.07) is 0. The Bertz CT molecular complexity index is 383. The average Bonchev–Trinajstić information content (AvgIpc) is 2.42. The predicted octanol–water partition coefficient (Wildman–Crippen LogP) is 0.664. The summed E-state index contributed by atoms with van der Waals surface area (Å²) in [6.45, 7) is 2.58. The van der Waals surface area contributed by atoms with Gasteiger partial charge in [0.05, 0.1) is 19.0 Å². The van der Waals surface area contributed by atoms with E-state index in [1.54, 1.807) is 7.11 Å². The third-order valence-corrected chi connectivity index (χ3v) is 2.46. The van der Waals surface area contributed by atoms with Gasteiger partial charge in [-0.3, -0.25) is 0 Å². The summed E-state index contributed by atoms with van der Waals surface area (Å²) in [4.78, 5) is 20.3. The summed E-state index contributed by atoms with van der Waals surface area (Å²) >= 11 is 0. The van der Waals surface area contributed by atoms with Gasteiger partial charge in [-0.05, 0) is 6.42 Å². The minimum Gasteiger partial charge on any atom is -0.476 e. The van der Waals surface area contributed by atoms with E-state index in [0.717, 1.165) is 6.42 Å². The minimum absolute atomic E-state index is 0.0621. The average molecular weight is 269 g/mol. The smallest absolute Gasteiger partial charge is 0.356 e. The second-order valence-electron chi connectivity index (χ2n) is 3.95. The van der Waals surface area contributed by atoms with Gasteiger partial charge in [0.15, 0.2) is 5.69 Å². The predicted molar refractivity (Wildman–Crippen MR) is 69.6 cm³/mol. The highest BCUT2D eigenvalue weighted by molar-refractivity contribution is 5.84. The molecule has 1 aromatic heterocycles. The lowest BCUT2D eigenvalue weighted by atomic mass is 10.4. The molecule has 0 aliphatic heterocycles. The van der Waals surface area contributed by atoms with Gasteiger partial charge >= 0.3 is 5.97 Å². The summed E-state index contributed by atoms with van der Waals surface area (Å²) in [7, 11) is 3.51. The fraction of sp³-hybridized carbons (Fsp3) is 0.583. The van der Waals surface area contributed by atoms with E-state index >= 15 is 0 Å². The molecule has 106 valence electrons. The molecule has 0 bridgehead atoms. The summed E-state index contributed by atoms with van der Waals surface area (Å²) < 4.78 is 10.3. The number of methoxy groups -OCH3 is 1. The molecule has 0 amide bonds. The van der Waals surface area contributed by atoms with Crippen molar-refractivity contribution >= 4 is 11.8 Å². The van der Waals surface area contributed by atoms with Crippen molar-refractivity contribution in [2.24, 2.45) is 0 Å². The van der Waals surface area contributed by atoms with Crippen molar-refractivity contribution in [3.8, 4) is 0 Å². The number of aromatic carboxylic acids is 1. The number of carbonyl (C=O) groups is 1. The molecule has 0 aliphatic rings. The van der Waals surface area contributed by atoms with Crippen molar-refractivity contribution in [1.29, 1.82) is 0 Å². The van der Waals surface area contributed by atoms with Gasteiger partial charge in [0.2, 0.25) is 0 Å². The number of nitrogens with zero attached hydrogens (tertiary/aromatic N) is 3. The van der Waals surface area contributed by atoms with E-state index in [1.165, 1.54) is 12.4 Å². The quantitative estimate of drug-likeness (QED) is 0.659. The Kier molecular flexibility index (Phi) is 6.76. The van der Waals surface area contributed by atoms with E-state index in [4.69, 9.17) is 14.6 Å². The van der Waals surface area contributed by atoms with Crippen LogP contribution in [-0.4, -0.2) is 61.6 Å². The van der Waals surface area contributed by atoms with Crippen molar-refractivity contribution in [1.82, 2.24) is 9.97 Å². The van der Waals surface area contributed by atoms with Crippen LogP contribution in [0.5, 0.6) is 0 Å². The highest BCUT2D eigenvalue weighted by atomic mass is 16.5. The molecule has 0 aliphatic carbocycles. The lowest BCUT2D eigenvalue weighted by molar-refractivity contribution is 0.0690. The number of carboxylic acid groups (broad SMARTS) is 1. The van der Waals surface area contributed by atoms with E-state index in [9.17, 15) is 4.79 Å². The summed E-state index contributed by atoms with van der Waals surface area (Å²) in [5, 5.41) is 8.71. The lowest BCUT2D eigenvalue weighted by Gasteiger charge is -2.17. The number of hydrogen-bond donors (Lipinski definition) is 1. The molecule has 19 heavy (non-hydrogen) atoms. The summed E-state index contributed by atoms with van der Waals surface area (Å²) in [5.41, 5.74) is -0.0621. The van der Waals surface area contributed by atoms with E-state index in [0.29, 0.717) is 32.2 Å². The molecule has 0 saturated carbocycles. The third kappa shape index (κ3) is 5.62. The van der Waals surface area contributed by atoms with E-state index in [2.05, 4.69) is 9.97 Å². The van der Waals surface area contributed by atoms with Gasteiger partial charge in [0, 0.05) is 33.9 Å². The molecule has 0 atom stereocenters. The normalized spacial score (nSPS) is 10.4. The maximum Gasteiger partial charge on any atom is 0.356 e. The maximum atomic E-state index is 10.6. The van der Waals surface area contributed by atoms with Gasteiger partial charge < -0.3 is 19.5 Å². The highest BCUT2D eigenvalue weighted by Gasteiger charge is 2.07. The number of hydrogen-bond acceptors (Lipinski definition) is 6. The summed E-state index contributed by atoms with van der Waals surface area (Å²) in [6.07, 6.45) is 3.55. The Morgan fingerprint density at radius 1 is 1.32 bits per heavy atom. The molecule has 0 saturated heterocycles. The Morgan fingerprint density at radius 2 is 2.11 bits per heavy atom. The number of ether oxygens (including phenoxy) is 2. The van der Waals surface area contributed by atoms with Crippen molar-refractivity contribution in [3.63, 3.8) is 0 Å². The molecule has 0 radical (unpaired) electrons. The van der Waals surface area contributed by atoms with Crippen LogP contribution < -0.4 is 4.90 Å². The zero-order valence-corrected chi connectivity index (χ0v) is 11.2. The fourth-order valence-corrected chi connectivity index (χ4v) is 1.35. The van der Waals surface area contributed by atoms with Crippen molar-refractivity contribution in [2.45, 2.75) is 6.42 Å². The van der Waals surface area contributed by atoms with Crippen LogP contribution in [0.2, 0.25) is 0 Å². The molecule has 0 aromatic carbocycles. The fourth-order valence-electron chi connectivity index (χ4n) is 1.35. The second-order valence-corrected chi connectivity index (χ2v) is 3.95. The van der Waals surface area contributed by atoms with Crippen LogP contribution in [0.15, 0.2) is 12.4 Å². The first-order valence-corrected chi connectivity index (χ1v) is 5.98. The zero-order chi connectivity index (χ0) is 14.1. The van der Waals surface area contributed by atoms with Gasteiger partial charge in [-0.2, -0.15) is 0 Å². The monoisotopic (exact) mass is 269 g/mol. The van der Waals surface area contributed by atoms with Crippen LogP contribution in [0.1, 0.15) is 16.9 Å². The molecule has 1 N–H and O–H groups in total. The first-order chi connectivity index (χ1) is 9.15. The third-order valence-electron chi connectivity index (χ3n) is 2.46. The molecule has 0 unspecified atom stereocenters. The largest absolute Gasteiger partial charge is 0.476 e.